The standard InChI is InChI=1S/C23H31N3O/c1-24(2)19-10-6-17(7-11-19)23(21-16-26(5)15-14-22(21)27)18-8-12-20(13-9-18)25(3)4/h6-13,21,23H,14-16H2,1-5H3/t21-/m1/s1. The Morgan fingerprint density at radius 3 is 1.70 bits per heavy atom. The molecule has 1 aliphatic heterocycles. The van der Waals surface area contributed by atoms with Crippen molar-refractivity contribution in [2.75, 3.05) is 58.1 Å². The van der Waals surface area contributed by atoms with E-state index < -0.39 is 0 Å². The Morgan fingerprint density at radius 2 is 1.30 bits per heavy atom. The van der Waals surface area contributed by atoms with Crippen molar-refractivity contribution in [3.05, 3.63) is 59.7 Å². The topological polar surface area (TPSA) is 26.8 Å². The third-order valence-corrected chi connectivity index (χ3v) is 5.60. The van der Waals surface area contributed by atoms with E-state index in [4.69, 9.17) is 0 Å². The Labute approximate surface area is 163 Å². The number of rotatable bonds is 5. The van der Waals surface area contributed by atoms with Crippen LogP contribution in [0.4, 0.5) is 11.4 Å². The van der Waals surface area contributed by atoms with Crippen molar-refractivity contribution in [2.24, 2.45) is 5.92 Å². The van der Waals surface area contributed by atoms with Crippen molar-refractivity contribution < 1.29 is 4.79 Å². The predicted molar refractivity (Wildman–Crippen MR) is 114 cm³/mol. The Balaban J connectivity index is 2.01. The maximum absolute atomic E-state index is 12.8. The van der Waals surface area contributed by atoms with Crippen molar-refractivity contribution in [3.63, 3.8) is 0 Å². The van der Waals surface area contributed by atoms with Crippen LogP contribution in [0.1, 0.15) is 23.5 Å². The molecule has 0 aliphatic carbocycles. The van der Waals surface area contributed by atoms with Gasteiger partial charge in [-0.1, -0.05) is 24.3 Å². The zero-order valence-corrected chi connectivity index (χ0v) is 17.1. The number of hydrogen-bond acceptors (Lipinski definition) is 4. The molecular formula is C23H31N3O. The number of benzene rings is 2. The van der Waals surface area contributed by atoms with E-state index in [-0.39, 0.29) is 11.8 Å². The summed E-state index contributed by atoms with van der Waals surface area (Å²) in [5.74, 6) is 0.471. The van der Waals surface area contributed by atoms with Gasteiger partial charge in [-0.3, -0.25) is 4.79 Å². The van der Waals surface area contributed by atoms with E-state index in [0.717, 1.165) is 13.1 Å². The highest BCUT2D eigenvalue weighted by molar-refractivity contribution is 5.84. The lowest BCUT2D eigenvalue weighted by molar-refractivity contribution is -0.126. The average Bonchev–Trinajstić information content (AvgIpc) is 2.65. The molecule has 1 saturated heterocycles. The first-order valence-electron chi connectivity index (χ1n) is 9.62. The van der Waals surface area contributed by atoms with Crippen LogP contribution in [-0.4, -0.2) is 59.0 Å². The second-order valence-corrected chi connectivity index (χ2v) is 8.03. The second kappa shape index (κ2) is 8.13. The first kappa shape index (κ1) is 19.4. The van der Waals surface area contributed by atoms with Crippen molar-refractivity contribution in [1.82, 2.24) is 4.90 Å². The quantitative estimate of drug-likeness (QED) is 0.811. The van der Waals surface area contributed by atoms with Crippen LogP contribution in [0.3, 0.4) is 0 Å². The summed E-state index contributed by atoms with van der Waals surface area (Å²) >= 11 is 0. The molecule has 0 N–H and O–H groups in total. The van der Waals surface area contributed by atoms with Crippen molar-refractivity contribution in [1.29, 1.82) is 0 Å². The van der Waals surface area contributed by atoms with Gasteiger partial charge in [0.25, 0.3) is 0 Å². The molecule has 4 heteroatoms. The molecule has 1 heterocycles. The van der Waals surface area contributed by atoms with Gasteiger partial charge in [-0.05, 0) is 42.4 Å². The first-order valence-corrected chi connectivity index (χ1v) is 9.62. The van der Waals surface area contributed by atoms with Crippen LogP contribution in [0.15, 0.2) is 48.5 Å². The minimum absolute atomic E-state index is 0.000776. The number of carbonyl (C=O) groups excluding carboxylic acids is 1. The van der Waals surface area contributed by atoms with E-state index in [2.05, 4.69) is 70.3 Å². The molecule has 0 amide bonds. The van der Waals surface area contributed by atoms with Gasteiger partial charge in [-0.25, -0.2) is 0 Å². The Hall–Kier alpha value is -2.33. The van der Waals surface area contributed by atoms with Crippen LogP contribution >= 0.6 is 0 Å². The summed E-state index contributed by atoms with van der Waals surface area (Å²) in [6.07, 6.45) is 0.642. The van der Waals surface area contributed by atoms with Gasteiger partial charge in [0.05, 0.1) is 0 Å². The molecule has 27 heavy (non-hydrogen) atoms. The molecule has 0 unspecified atom stereocenters. The smallest absolute Gasteiger partial charge is 0.139 e. The number of anilines is 2. The van der Waals surface area contributed by atoms with Crippen LogP contribution in [-0.2, 0) is 4.79 Å². The zero-order valence-electron chi connectivity index (χ0n) is 17.1. The van der Waals surface area contributed by atoms with Crippen molar-refractivity contribution in [2.45, 2.75) is 12.3 Å². The summed E-state index contributed by atoms with van der Waals surface area (Å²) in [4.78, 5) is 19.3. The highest BCUT2D eigenvalue weighted by Gasteiger charge is 2.34. The van der Waals surface area contributed by atoms with E-state index in [1.165, 1.54) is 22.5 Å². The van der Waals surface area contributed by atoms with Gasteiger partial charge < -0.3 is 14.7 Å². The van der Waals surface area contributed by atoms with Crippen LogP contribution < -0.4 is 9.80 Å². The van der Waals surface area contributed by atoms with Gasteiger partial charge in [0.2, 0.25) is 0 Å². The van der Waals surface area contributed by atoms with Gasteiger partial charge in [-0.15, -0.1) is 0 Å². The Morgan fingerprint density at radius 1 is 0.852 bits per heavy atom. The summed E-state index contributed by atoms with van der Waals surface area (Å²) in [5, 5.41) is 0. The van der Waals surface area contributed by atoms with E-state index >= 15 is 0 Å². The molecule has 3 rings (SSSR count). The highest BCUT2D eigenvalue weighted by Crippen LogP contribution is 2.36. The summed E-state index contributed by atoms with van der Waals surface area (Å²) < 4.78 is 0. The number of hydrogen-bond donors (Lipinski definition) is 0. The highest BCUT2D eigenvalue weighted by atomic mass is 16.1. The maximum atomic E-state index is 12.8. The number of ketones is 1. The molecule has 0 aromatic heterocycles. The molecule has 1 aliphatic rings. The normalized spacial score (nSPS) is 18.0. The van der Waals surface area contributed by atoms with E-state index in [9.17, 15) is 4.79 Å². The summed E-state index contributed by atoms with van der Waals surface area (Å²) in [5.41, 5.74) is 4.78. The maximum Gasteiger partial charge on any atom is 0.139 e. The van der Waals surface area contributed by atoms with E-state index in [0.29, 0.717) is 12.2 Å². The zero-order chi connectivity index (χ0) is 19.6. The first-order chi connectivity index (χ1) is 12.9. The molecule has 144 valence electrons. The molecule has 1 fully saturated rings. The number of nitrogens with zero attached hydrogens (tertiary/aromatic N) is 3. The van der Waals surface area contributed by atoms with Gasteiger partial charge >= 0.3 is 0 Å². The molecule has 4 nitrogen and oxygen atoms in total. The largest absolute Gasteiger partial charge is 0.378 e. The van der Waals surface area contributed by atoms with E-state index in [1.807, 2.05) is 28.2 Å². The van der Waals surface area contributed by atoms with Gasteiger partial charge in [-0.2, -0.15) is 0 Å². The molecule has 0 spiro atoms. The van der Waals surface area contributed by atoms with Crippen LogP contribution in [0.2, 0.25) is 0 Å². The molecule has 0 saturated carbocycles. The number of likely N-dealkylation sites (tertiary alicyclic amines) is 1. The van der Waals surface area contributed by atoms with Gasteiger partial charge in [0.1, 0.15) is 5.78 Å². The minimum Gasteiger partial charge on any atom is -0.378 e. The summed E-state index contributed by atoms with van der Waals surface area (Å²) in [6, 6.07) is 17.3. The average molecular weight is 366 g/mol. The Kier molecular flexibility index (Phi) is 5.85. The van der Waals surface area contributed by atoms with Crippen LogP contribution in [0, 0.1) is 5.92 Å². The number of carbonyl (C=O) groups is 1. The lowest BCUT2D eigenvalue weighted by atomic mass is 9.76. The predicted octanol–water partition coefficient (Wildman–Crippen LogP) is 3.47. The monoisotopic (exact) mass is 365 g/mol. The van der Waals surface area contributed by atoms with Crippen LogP contribution in [0.25, 0.3) is 0 Å². The molecular weight excluding hydrogens is 334 g/mol. The molecule has 2 aromatic carbocycles. The molecule has 2 aromatic rings. The fraction of sp³-hybridized carbons (Fsp3) is 0.435. The molecule has 0 radical (unpaired) electrons. The third-order valence-electron chi connectivity index (χ3n) is 5.60. The summed E-state index contributed by atoms with van der Waals surface area (Å²) in [6.45, 7) is 1.68. The van der Waals surface area contributed by atoms with E-state index in [1.54, 1.807) is 0 Å². The Bertz CT molecular complexity index is 714. The number of Topliss-reactive ketones (excluding diaryl/α,β-unsaturated/α-hetero) is 1. The second-order valence-electron chi connectivity index (χ2n) is 8.03. The van der Waals surface area contributed by atoms with Crippen molar-refractivity contribution in [3.8, 4) is 0 Å². The van der Waals surface area contributed by atoms with Gasteiger partial charge in [0, 0.05) is 70.9 Å². The lowest BCUT2D eigenvalue weighted by Gasteiger charge is -2.35. The summed E-state index contributed by atoms with van der Waals surface area (Å²) in [7, 11) is 10.3. The number of piperidine rings is 1. The van der Waals surface area contributed by atoms with Crippen LogP contribution in [0.5, 0.6) is 0 Å². The lowest BCUT2D eigenvalue weighted by Crippen LogP contribution is -2.41. The molecule has 1 atom stereocenters. The fourth-order valence-corrected chi connectivity index (χ4v) is 3.92. The minimum atomic E-state index is -0.000776. The third kappa shape index (κ3) is 4.33. The SMILES string of the molecule is CN1CCC(=O)[C@H](C(c2ccc(N(C)C)cc2)c2ccc(N(C)C)cc2)C1. The molecule has 0 bridgehead atoms. The van der Waals surface area contributed by atoms with Crippen molar-refractivity contribution >= 4 is 17.2 Å². The van der Waals surface area contributed by atoms with Gasteiger partial charge in [0.15, 0.2) is 0 Å². The fourth-order valence-electron chi connectivity index (χ4n) is 3.92.